The lowest BCUT2D eigenvalue weighted by Gasteiger charge is -1.81. The minimum Gasteiger partial charge on any atom is -0.320 e. The van der Waals surface area contributed by atoms with Crippen LogP contribution < -0.4 is 5.43 Å². The van der Waals surface area contributed by atoms with Crippen molar-refractivity contribution < 1.29 is 0 Å². The maximum atomic E-state index is 11.2. The standard InChI is InChI=1S/C9H7NO/c11-9-5-1-2-6-10-7-3-4-8(9)10/h1-7H. The molecule has 0 saturated heterocycles. The molecular formula is C9H7NO. The highest BCUT2D eigenvalue weighted by atomic mass is 16.1. The van der Waals surface area contributed by atoms with E-state index in [1.807, 2.05) is 35.0 Å². The van der Waals surface area contributed by atoms with Crippen LogP contribution in [0.15, 0.2) is 47.5 Å². The highest BCUT2D eigenvalue weighted by molar-refractivity contribution is 5.45. The second-order valence-corrected chi connectivity index (χ2v) is 2.37. The first-order valence-electron chi connectivity index (χ1n) is 3.44. The summed E-state index contributed by atoms with van der Waals surface area (Å²) in [7, 11) is 0. The van der Waals surface area contributed by atoms with Crippen LogP contribution in [0, 0.1) is 0 Å². The van der Waals surface area contributed by atoms with Gasteiger partial charge < -0.3 is 4.40 Å². The summed E-state index contributed by atoms with van der Waals surface area (Å²) in [5.41, 5.74) is 0.773. The summed E-state index contributed by atoms with van der Waals surface area (Å²) >= 11 is 0. The molecule has 0 radical (unpaired) electrons. The zero-order valence-corrected chi connectivity index (χ0v) is 5.90. The van der Waals surface area contributed by atoms with Crippen molar-refractivity contribution in [2.24, 2.45) is 0 Å². The van der Waals surface area contributed by atoms with Crippen molar-refractivity contribution in [2.45, 2.75) is 0 Å². The predicted molar refractivity (Wildman–Crippen MR) is 43.7 cm³/mol. The Kier molecular flexibility index (Phi) is 1.25. The number of hydrogen-bond donors (Lipinski definition) is 0. The summed E-state index contributed by atoms with van der Waals surface area (Å²) < 4.78 is 1.81. The van der Waals surface area contributed by atoms with Crippen LogP contribution in [-0.4, -0.2) is 4.40 Å². The summed E-state index contributed by atoms with van der Waals surface area (Å²) in [5.74, 6) is 0. The second kappa shape index (κ2) is 2.23. The third kappa shape index (κ3) is 0.923. The average Bonchev–Trinajstić information content (AvgIpc) is 2.40. The van der Waals surface area contributed by atoms with Gasteiger partial charge in [0.25, 0.3) is 0 Å². The minimum atomic E-state index is 0.0556. The lowest BCUT2D eigenvalue weighted by Crippen LogP contribution is -1.95. The molecule has 0 saturated carbocycles. The molecule has 0 fully saturated rings. The smallest absolute Gasteiger partial charge is 0.202 e. The van der Waals surface area contributed by atoms with Gasteiger partial charge in [0.05, 0.1) is 5.52 Å². The summed E-state index contributed by atoms with van der Waals surface area (Å²) in [6.45, 7) is 0. The maximum absolute atomic E-state index is 11.2. The van der Waals surface area contributed by atoms with E-state index in [9.17, 15) is 4.79 Å². The van der Waals surface area contributed by atoms with Gasteiger partial charge in [-0.1, -0.05) is 6.07 Å². The number of rotatable bonds is 0. The van der Waals surface area contributed by atoms with Gasteiger partial charge in [0.15, 0.2) is 0 Å². The molecule has 0 aromatic carbocycles. The molecule has 0 unspecified atom stereocenters. The molecule has 2 nitrogen and oxygen atoms in total. The zero-order chi connectivity index (χ0) is 7.68. The molecule has 0 amide bonds. The van der Waals surface area contributed by atoms with Gasteiger partial charge in [-0.2, -0.15) is 0 Å². The normalized spacial score (nSPS) is 10.2. The summed E-state index contributed by atoms with van der Waals surface area (Å²) in [6, 6.07) is 8.82. The molecule has 54 valence electrons. The topological polar surface area (TPSA) is 21.5 Å². The van der Waals surface area contributed by atoms with E-state index in [4.69, 9.17) is 0 Å². The zero-order valence-electron chi connectivity index (χ0n) is 5.90. The van der Waals surface area contributed by atoms with E-state index in [1.165, 1.54) is 0 Å². The van der Waals surface area contributed by atoms with E-state index in [0.29, 0.717) is 0 Å². The lowest BCUT2D eigenvalue weighted by atomic mass is 10.4. The van der Waals surface area contributed by atoms with E-state index in [-0.39, 0.29) is 5.43 Å². The van der Waals surface area contributed by atoms with Crippen molar-refractivity contribution in [3.05, 3.63) is 52.9 Å². The van der Waals surface area contributed by atoms with Crippen LogP contribution in [0.25, 0.3) is 5.52 Å². The molecule has 11 heavy (non-hydrogen) atoms. The molecular weight excluding hydrogens is 138 g/mol. The molecule has 2 aromatic heterocycles. The Morgan fingerprint density at radius 2 is 1.82 bits per heavy atom. The first kappa shape index (κ1) is 6.16. The van der Waals surface area contributed by atoms with E-state index in [0.717, 1.165) is 5.52 Å². The monoisotopic (exact) mass is 145 g/mol. The van der Waals surface area contributed by atoms with E-state index >= 15 is 0 Å². The van der Waals surface area contributed by atoms with E-state index in [1.54, 1.807) is 12.1 Å². The molecule has 0 atom stereocenters. The van der Waals surface area contributed by atoms with Crippen LogP contribution >= 0.6 is 0 Å². The highest BCUT2D eigenvalue weighted by Gasteiger charge is 1.90. The van der Waals surface area contributed by atoms with Gasteiger partial charge in [-0.05, 0) is 24.3 Å². The van der Waals surface area contributed by atoms with Gasteiger partial charge in [0.1, 0.15) is 0 Å². The Balaban J connectivity index is 3.09. The predicted octanol–water partition coefficient (Wildman–Crippen LogP) is 1.30. The number of nitrogens with zero attached hydrogens (tertiary/aromatic N) is 1. The molecule has 2 heteroatoms. The summed E-state index contributed by atoms with van der Waals surface area (Å²) in [4.78, 5) is 11.2. The van der Waals surface area contributed by atoms with Crippen molar-refractivity contribution >= 4 is 5.52 Å². The molecule has 2 rings (SSSR count). The van der Waals surface area contributed by atoms with Gasteiger partial charge in [-0.25, -0.2) is 0 Å². The fraction of sp³-hybridized carbons (Fsp3) is 0. The Morgan fingerprint density at radius 1 is 1.00 bits per heavy atom. The molecule has 2 heterocycles. The van der Waals surface area contributed by atoms with Gasteiger partial charge in [0, 0.05) is 12.4 Å². The third-order valence-electron chi connectivity index (χ3n) is 1.64. The minimum absolute atomic E-state index is 0.0556. The fourth-order valence-corrected chi connectivity index (χ4v) is 1.10. The van der Waals surface area contributed by atoms with Crippen LogP contribution in [0.4, 0.5) is 0 Å². The first-order valence-corrected chi connectivity index (χ1v) is 3.44. The molecule has 0 bridgehead atoms. The van der Waals surface area contributed by atoms with Crippen molar-refractivity contribution in [3.63, 3.8) is 0 Å². The molecule has 0 N–H and O–H groups in total. The van der Waals surface area contributed by atoms with Crippen molar-refractivity contribution in [1.29, 1.82) is 0 Å². The maximum Gasteiger partial charge on any atom is 0.202 e. The lowest BCUT2D eigenvalue weighted by molar-refractivity contribution is 1.21. The number of hydrogen-bond acceptors (Lipinski definition) is 1. The van der Waals surface area contributed by atoms with Gasteiger partial charge in [-0.15, -0.1) is 0 Å². The average molecular weight is 145 g/mol. The SMILES string of the molecule is O=c1ccccn2cccc12. The Morgan fingerprint density at radius 3 is 2.73 bits per heavy atom. The van der Waals surface area contributed by atoms with Crippen LogP contribution in [0.2, 0.25) is 0 Å². The Hall–Kier alpha value is -1.57. The van der Waals surface area contributed by atoms with Gasteiger partial charge in [0.2, 0.25) is 5.43 Å². The molecule has 2 aromatic rings. The van der Waals surface area contributed by atoms with Crippen LogP contribution in [0.5, 0.6) is 0 Å². The fourth-order valence-electron chi connectivity index (χ4n) is 1.10. The number of aromatic nitrogens is 1. The second-order valence-electron chi connectivity index (χ2n) is 2.37. The van der Waals surface area contributed by atoms with Crippen molar-refractivity contribution in [2.75, 3.05) is 0 Å². The van der Waals surface area contributed by atoms with Gasteiger partial charge in [-0.3, -0.25) is 4.79 Å². The quantitative estimate of drug-likeness (QED) is 0.547. The highest BCUT2D eigenvalue weighted by Crippen LogP contribution is 1.95. The van der Waals surface area contributed by atoms with Crippen molar-refractivity contribution in [3.8, 4) is 0 Å². The summed E-state index contributed by atoms with van der Waals surface area (Å²) in [6.07, 6.45) is 3.72. The third-order valence-corrected chi connectivity index (χ3v) is 1.64. The van der Waals surface area contributed by atoms with E-state index in [2.05, 4.69) is 0 Å². The van der Waals surface area contributed by atoms with Crippen molar-refractivity contribution in [1.82, 2.24) is 4.40 Å². The van der Waals surface area contributed by atoms with Crippen LogP contribution in [0.3, 0.4) is 0 Å². The summed E-state index contributed by atoms with van der Waals surface area (Å²) in [5, 5.41) is 0. The molecule has 0 aliphatic carbocycles. The van der Waals surface area contributed by atoms with Crippen LogP contribution in [0.1, 0.15) is 0 Å². The van der Waals surface area contributed by atoms with Crippen LogP contribution in [-0.2, 0) is 0 Å². The van der Waals surface area contributed by atoms with Gasteiger partial charge >= 0.3 is 0 Å². The molecule has 0 aliphatic rings. The Labute approximate surface area is 63.7 Å². The molecule has 0 aliphatic heterocycles. The largest absolute Gasteiger partial charge is 0.320 e. The Bertz CT molecular complexity index is 431. The van der Waals surface area contributed by atoms with E-state index < -0.39 is 0 Å². The molecule has 0 spiro atoms. The number of fused-ring (bicyclic) bond motifs is 1. The first-order chi connectivity index (χ1) is 5.38.